The molecule has 1 aromatic heterocycles. The van der Waals surface area contributed by atoms with Gasteiger partial charge in [-0.2, -0.15) is 0 Å². The Kier molecular flexibility index (Phi) is 4.51. The number of pyridine rings is 1. The van der Waals surface area contributed by atoms with Crippen LogP contribution in [0.4, 0.5) is 5.82 Å². The third-order valence-electron chi connectivity index (χ3n) is 4.15. The largest absolute Gasteiger partial charge is 0.356 e. The first-order valence-corrected chi connectivity index (χ1v) is 7.80. The molecular weight excluding hydrogens is 302 g/mol. The minimum Gasteiger partial charge on any atom is -0.356 e. The minimum atomic E-state index is 0.413. The van der Waals surface area contributed by atoms with E-state index < -0.39 is 0 Å². The van der Waals surface area contributed by atoms with Gasteiger partial charge >= 0.3 is 0 Å². The summed E-state index contributed by atoms with van der Waals surface area (Å²) in [7, 11) is 0. The molecule has 0 saturated carbocycles. The Balaban J connectivity index is 2.10. The second-order valence-electron chi connectivity index (χ2n) is 6.47. The Bertz CT molecular complexity index is 432. The maximum absolute atomic E-state index is 5.84. The van der Waals surface area contributed by atoms with Crippen LogP contribution in [0.3, 0.4) is 0 Å². The van der Waals surface area contributed by atoms with Gasteiger partial charge < -0.3 is 10.6 Å². The molecule has 0 aromatic carbocycles. The average molecular weight is 326 g/mol. The van der Waals surface area contributed by atoms with Gasteiger partial charge in [-0.1, -0.05) is 20.8 Å². The zero-order chi connectivity index (χ0) is 14.0. The molecule has 1 saturated heterocycles. The molecule has 2 rings (SSSR count). The van der Waals surface area contributed by atoms with Gasteiger partial charge in [-0.05, 0) is 46.2 Å². The number of rotatable bonds is 2. The molecule has 0 atom stereocenters. The number of nitrogens with zero attached hydrogens (tertiary/aromatic N) is 2. The third kappa shape index (κ3) is 3.48. The van der Waals surface area contributed by atoms with Gasteiger partial charge in [0.05, 0.1) is 0 Å². The van der Waals surface area contributed by atoms with Crippen molar-refractivity contribution in [3.05, 3.63) is 22.3 Å². The van der Waals surface area contributed by atoms with E-state index in [1.807, 2.05) is 6.20 Å². The van der Waals surface area contributed by atoms with Crippen molar-refractivity contribution in [1.82, 2.24) is 4.98 Å². The lowest BCUT2D eigenvalue weighted by atomic mass is 9.75. The highest BCUT2D eigenvalue weighted by molar-refractivity contribution is 9.10. The van der Waals surface area contributed by atoms with Crippen molar-refractivity contribution >= 4 is 21.7 Å². The predicted molar refractivity (Wildman–Crippen MR) is 84.2 cm³/mol. The molecule has 0 bridgehead atoms. The normalized spacial score (nSPS) is 17.8. The molecule has 1 aliphatic heterocycles. The SMILES string of the molecule is CC(C)(C)C1CCN(c2ncc(Br)cc2CN)CC1. The van der Waals surface area contributed by atoms with Crippen molar-refractivity contribution in [3.63, 3.8) is 0 Å². The van der Waals surface area contributed by atoms with Crippen LogP contribution in [0.5, 0.6) is 0 Å². The molecule has 0 unspecified atom stereocenters. The highest BCUT2D eigenvalue weighted by Gasteiger charge is 2.29. The van der Waals surface area contributed by atoms with Crippen LogP contribution in [-0.4, -0.2) is 18.1 Å². The van der Waals surface area contributed by atoms with E-state index in [9.17, 15) is 0 Å². The van der Waals surface area contributed by atoms with Gasteiger partial charge in [0.15, 0.2) is 0 Å². The van der Waals surface area contributed by atoms with E-state index >= 15 is 0 Å². The van der Waals surface area contributed by atoms with E-state index in [0.717, 1.165) is 34.9 Å². The highest BCUT2D eigenvalue weighted by atomic mass is 79.9. The van der Waals surface area contributed by atoms with Crippen molar-refractivity contribution in [1.29, 1.82) is 0 Å². The van der Waals surface area contributed by atoms with E-state index in [0.29, 0.717) is 12.0 Å². The summed E-state index contributed by atoms with van der Waals surface area (Å²) in [4.78, 5) is 6.94. The fourth-order valence-electron chi connectivity index (χ4n) is 2.87. The molecular formula is C15H24BrN3. The van der Waals surface area contributed by atoms with Crippen molar-refractivity contribution in [2.45, 2.75) is 40.2 Å². The first kappa shape index (κ1) is 14.8. The Morgan fingerprint density at radius 1 is 1.37 bits per heavy atom. The van der Waals surface area contributed by atoms with Gasteiger partial charge in [0.25, 0.3) is 0 Å². The van der Waals surface area contributed by atoms with Crippen LogP contribution in [0.1, 0.15) is 39.2 Å². The average Bonchev–Trinajstić information content (AvgIpc) is 2.37. The fourth-order valence-corrected chi connectivity index (χ4v) is 3.24. The number of piperidine rings is 1. The minimum absolute atomic E-state index is 0.413. The summed E-state index contributed by atoms with van der Waals surface area (Å²) in [5.41, 5.74) is 7.38. The molecule has 1 aromatic rings. The lowest BCUT2D eigenvalue weighted by Crippen LogP contribution is -2.39. The predicted octanol–water partition coefficient (Wildman–Crippen LogP) is 3.57. The van der Waals surface area contributed by atoms with E-state index in [2.05, 4.69) is 52.7 Å². The zero-order valence-corrected chi connectivity index (χ0v) is 13.7. The number of nitrogens with two attached hydrogens (primary N) is 1. The van der Waals surface area contributed by atoms with Crippen LogP contribution in [0.25, 0.3) is 0 Å². The zero-order valence-electron chi connectivity index (χ0n) is 12.1. The van der Waals surface area contributed by atoms with Gasteiger partial charge in [0.1, 0.15) is 5.82 Å². The summed E-state index contributed by atoms with van der Waals surface area (Å²) in [6.07, 6.45) is 4.35. The number of anilines is 1. The summed E-state index contributed by atoms with van der Waals surface area (Å²) in [6.45, 7) is 9.75. The lowest BCUT2D eigenvalue weighted by Gasteiger charge is -2.39. The molecule has 0 radical (unpaired) electrons. The highest BCUT2D eigenvalue weighted by Crippen LogP contribution is 2.35. The molecule has 3 nitrogen and oxygen atoms in total. The van der Waals surface area contributed by atoms with Crippen LogP contribution in [0, 0.1) is 11.3 Å². The monoisotopic (exact) mass is 325 g/mol. The second kappa shape index (κ2) is 5.80. The first-order valence-electron chi connectivity index (χ1n) is 7.01. The fraction of sp³-hybridized carbons (Fsp3) is 0.667. The van der Waals surface area contributed by atoms with Crippen molar-refractivity contribution in [2.75, 3.05) is 18.0 Å². The summed E-state index contributed by atoms with van der Waals surface area (Å²) in [5.74, 6) is 1.87. The van der Waals surface area contributed by atoms with E-state index in [1.54, 1.807) is 0 Å². The van der Waals surface area contributed by atoms with Crippen molar-refractivity contribution < 1.29 is 0 Å². The number of halogens is 1. The van der Waals surface area contributed by atoms with Gasteiger partial charge in [0.2, 0.25) is 0 Å². The summed E-state index contributed by atoms with van der Waals surface area (Å²) >= 11 is 3.46. The summed E-state index contributed by atoms with van der Waals surface area (Å²) < 4.78 is 1.00. The standard InChI is InChI=1S/C15H24BrN3/c1-15(2,3)12-4-6-19(7-5-12)14-11(9-17)8-13(16)10-18-14/h8,10,12H,4-7,9,17H2,1-3H3. The Morgan fingerprint density at radius 3 is 2.53 bits per heavy atom. The summed E-state index contributed by atoms with van der Waals surface area (Å²) in [6, 6.07) is 2.08. The molecule has 1 fully saturated rings. The van der Waals surface area contributed by atoms with Crippen LogP contribution in [0.2, 0.25) is 0 Å². The molecule has 1 aliphatic rings. The summed E-state index contributed by atoms with van der Waals surface area (Å²) in [5, 5.41) is 0. The van der Waals surface area contributed by atoms with Crippen LogP contribution in [0.15, 0.2) is 16.7 Å². The topological polar surface area (TPSA) is 42.2 Å². The maximum atomic E-state index is 5.84. The lowest BCUT2D eigenvalue weighted by molar-refractivity contribution is 0.198. The maximum Gasteiger partial charge on any atom is 0.133 e. The number of hydrogen-bond acceptors (Lipinski definition) is 3. The van der Waals surface area contributed by atoms with Crippen LogP contribution < -0.4 is 10.6 Å². The molecule has 0 aliphatic carbocycles. The Hall–Kier alpha value is -0.610. The molecule has 4 heteroatoms. The van der Waals surface area contributed by atoms with Crippen molar-refractivity contribution in [2.24, 2.45) is 17.1 Å². The Labute approximate surface area is 124 Å². The smallest absolute Gasteiger partial charge is 0.133 e. The molecule has 2 heterocycles. The van der Waals surface area contributed by atoms with E-state index in [1.165, 1.54) is 12.8 Å². The quantitative estimate of drug-likeness (QED) is 0.903. The van der Waals surface area contributed by atoms with Gasteiger partial charge in [-0.3, -0.25) is 0 Å². The molecule has 106 valence electrons. The molecule has 19 heavy (non-hydrogen) atoms. The number of aromatic nitrogens is 1. The van der Waals surface area contributed by atoms with Crippen LogP contribution >= 0.6 is 15.9 Å². The Morgan fingerprint density at radius 2 is 2.00 bits per heavy atom. The van der Waals surface area contributed by atoms with Crippen molar-refractivity contribution in [3.8, 4) is 0 Å². The van der Waals surface area contributed by atoms with E-state index in [4.69, 9.17) is 5.73 Å². The number of hydrogen-bond donors (Lipinski definition) is 1. The van der Waals surface area contributed by atoms with Crippen LogP contribution in [-0.2, 0) is 6.54 Å². The molecule has 0 spiro atoms. The van der Waals surface area contributed by atoms with Gasteiger partial charge in [-0.15, -0.1) is 0 Å². The first-order chi connectivity index (χ1) is 8.91. The molecule has 2 N–H and O–H groups in total. The van der Waals surface area contributed by atoms with E-state index in [-0.39, 0.29) is 0 Å². The third-order valence-corrected chi connectivity index (χ3v) is 4.58. The van der Waals surface area contributed by atoms with Gasteiger partial charge in [0, 0.05) is 35.9 Å². The second-order valence-corrected chi connectivity index (χ2v) is 7.38. The van der Waals surface area contributed by atoms with Gasteiger partial charge in [-0.25, -0.2) is 4.98 Å². The molecule has 0 amide bonds.